The van der Waals surface area contributed by atoms with Gasteiger partial charge in [-0.3, -0.25) is 14.7 Å². The van der Waals surface area contributed by atoms with Crippen molar-refractivity contribution in [3.63, 3.8) is 0 Å². The lowest BCUT2D eigenvalue weighted by Crippen LogP contribution is -2.51. The summed E-state index contributed by atoms with van der Waals surface area (Å²) >= 11 is 0. The maximum atomic E-state index is 12.9. The fourth-order valence-electron chi connectivity index (χ4n) is 4.45. The number of amides is 1. The van der Waals surface area contributed by atoms with E-state index in [0.29, 0.717) is 11.9 Å². The van der Waals surface area contributed by atoms with Crippen LogP contribution in [0.2, 0.25) is 0 Å². The van der Waals surface area contributed by atoms with E-state index in [1.807, 2.05) is 26.2 Å². The standard InChI is InChI=1S/C22H36N4O/c1-19(2)22(27)26(16-6-15-24-12-3-4-13-24)21-7-5-14-25(18-21)17-20-8-10-23-11-9-20/h8-11,19,21H,3-7,12-18H2,1-2H3. The molecule has 2 saturated heterocycles. The molecular weight excluding hydrogens is 336 g/mol. The Hall–Kier alpha value is -1.46. The first-order chi connectivity index (χ1) is 13.1. The average molecular weight is 373 g/mol. The molecule has 0 N–H and O–H groups in total. The minimum absolute atomic E-state index is 0.0763. The van der Waals surface area contributed by atoms with Gasteiger partial charge in [-0.05, 0) is 76.0 Å². The van der Waals surface area contributed by atoms with Gasteiger partial charge in [0.25, 0.3) is 0 Å². The van der Waals surface area contributed by atoms with Crippen LogP contribution in [0.5, 0.6) is 0 Å². The molecule has 1 aromatic heterocycles. The van der Waals surface area contributed by atoms with Crippen molar-refractivity contribution in [1.29, 1.82) is 0 Å². The molecule has 1 aromatic rings. The van der Waals surface area contributed by atoms with Crippen LogP contribution < -0.4 is 0 Å². The molecular formula is C22H36N4O. The SMILES string of the molecule is CC(C)C(=O)N(CCCN1CCCC1)C1CCCN(Cc2ccncc2)C1. The highest BCUT2D eigenvalue weighted by molar-refractivity contribution is 5.78. The molecule has 150 valence electrons. The highest BCUT2D eigenvalue weighted by Gasteiger charge is 2.29. The number of piperidine rings is 1. The van der Waals surface area contributed by atoms with E-state index in [0.717, 1.165) is 45.6 Å². The predicted octanol–water partition coefficient (Wildman–Crippen LogP) is 3.02. The summed E-state index contributed by atoms with van der Waals surface area (Å²) in [4.78, 5) is 24.3. The number of carbonyl (C=O) groups is 1. The van der Waals surface area contributed by atoms with E-state index in [1.165, 1.54) is 37.9 Å². The van der Waals surface area contributed by atoms with Gasteiger partial charge in [-0.1, -0.05) is 13.8 Å². The van der Waals surface area contributed by atoms with Gasteiger partial charge in [0.15, 0.2) is 0 Å². The third kappa shape index (κ3) is 6.01. The van der Waals surface area contributed by atoms with Crippen LogP contribution in [0, 0.1) is 5.92 Å². The van der Waals surface area contributed by atoms with Gasteiger partial charge < -0.3 is 9.80 Å². The van der Waals surface area contributed by atoms with E-state index in [9.17, 15) is 4.79 Å². The van der Waals surface area contributed by atoms with E-state index >= 15 is 0 Å². The highest BCUT2D eigenvalue weighted by Crippen LogP contribution is 2.20. The predicted molar refractivity (Wildman–Crippen MR) is 109 cm³/mol. The zero-order valence-corrected chi connectivity index (χ0v) is 17.1. The molecule has 5 nitrogen and oxygen atoms in total. The Morgan fingerprint density at radius 1 is 1.15 bits per heavy atom. The molecule has 0 radical (unpaired) electrons. The fraction of sp³-hybridized carbons (Fsp3) is 0.727. The van der Waals surface area contributed by atoms with E-state index in [-0.39, 0.29) is 5.92 Å². The van der Waals surface area contributed by atoms with Crippen LogP contribution in [0.3, 0.4) is 0 Å². The Morgan fingerprint density at radius 3 is 2.56 bits per heavy atom. The van der Waals surface area contributed by atoms with Crippen LogP contribution in [0.1, 0.15) is 51.5 Å². The molecule has 0 spiro atoms. The summed E-state index contributed by atoms with van der Waals surface area (Å²) in [5.74, 6) is 0.402. The number of aromatic nitrogens is 1. The van der Waals surface area contributed by atoms with Crippen molar-refractivity contribution in [2.75, 3.05) is 39.3 Å². The van der Waals surface area contributed by atoms with Gasteiger partial charge >= 0.3 is 0 Å². The summed E-state index contributed by atoms with van der Waals surface area (Å²) in [7, 11) is 0. The van der Waals surface area contributed by atoms with Crippen LogP contribution in [0.25, 0.3) is 0 Å². The molecule has 1 amide bonds. The number of hydrogen-bond acceptors (Lipinski definition) is 4. The number of likely N-dealkylation sites (tertiary alicyclic amines) is 2. The van der Waals surface area contributed by atoms with Crippen molar-refractivity contribution in [2.24, 2.45) is 5.92 Å². The van der Waals surface area contributed by atoms with Crippen LogP contribution >= 0.6 is 0 Å². The van der Waals surface area contributed by atoms with Crippen molar-refractivity contribution >= 4 is 5.91 Å². The lowest BCUT2D eigenvalue weighted by Gasteiger charge is -2.40. The number of nitrogens with zero attached hydrogens (tertiary/aromatic N) is 4. The summed E-state index contributed by atoms with van der Waals surface area (Å²) in [6.07, 6.45) is 9.80. The van der Waals surface area contributed by atoms with Crippen LogP contribution in [-0.2, 0) is 11.3 Å². The van der Waals surface area contributed by atoms with Gasteiger partial charge in [-0.25, -0.2) is 0 Å². The second kappa shape index (κ2) is 10.2. The molecule has 0 aromatic carbocycles. The Labute approximate surface area is 164 Å². The summed E-state index contributed by atoms with van der Waals surface area (Å²) in [6.45, 7) is 11.6. The van der Waals surface area contributed by atoms with Crippen molar-refractivity contribution in [3.05, 3.63) is 30.1 Å². The zero-order chi connectivity index (χ0) is 19.1. The molecule has 3 rings (SSSR count). The third-order valence-electron chi connectivity index (χ3n) is 5.93. The van der Waals surface area contributed by atoms with Crippen LogP contribution in [0.15, 0.2) is 24.5 Å². The summed E-state index contributed by atoms with van der Waals surface area (Å²) in [6, 6.07) is 4.54. The van der Waals surface area contributed by atoms with E-state index in [1.54, 1.807) is 0 Å². The van der Waals surface area contributed by atoms with E-state index in [4.69, 9.17) is 0 Å². The molecule has 1 unspecified atom stereocenters. The van der Waals surface area contributed by atoms with Gasteiger partial charge in [-0.15, -0.1) is 0 Å². The normalized spacial score (nSPS) is 21.7. The first kappa shape index (κ1) is 20.3. The smallest absolute Gasteiger partial charge is 0.225 e. The van der Waals surface area contributed by atoms with Gasteiger partial charge in [0.2, 0.25) is 5.91 Å². The van der Waals surface area contributed by atoms with Crippen molar-refractivity contribution in [2.45, 2.75) is 58.5 Å². The Balaban J connectivity index is 1.57. The Kier molecular flexibility index (Phi) is 7.65. The number of pyridine rings is 1. The molecule has 3 heterocycles. The summed E-state index contributed by atoms with van der Waals surface area (Å²) in [5.41, 5.74) is 1.31. The molecule has 2 aliphatic rings. The zero-order valence-electron chi connectivity index (χ0n) is 17.1. The van der Waals surface area contributed by atoms with Crippen LogP contribution in [0.4, 0.5) is 0 Å². The summed E-state index contributed by atoms with van der Waals surface area (Å²) < 4.78 is 0. The Morgan fingerprint density at radius 2 is 1.85 bits per heavy atom. The molecule has 27 heavy (non-hydrogen) atoms. The molecule has 1 atom stereocenters. The van der Waals surface area contributed by atoms with E-state index < -0.39 is 0 Å². The van der Waals surface area contributed by atoms with Crippen molar-refractivity contribution in [3.8, 4) is 0 Å². The molecule has 2 aliphatic heterocycles. The fourth-order valence-corrected chi connectivity index (χ4v) is 4.45. The second-order valence-corrected chi connectivity index (χ2v) is 8.48. The second-order valence-electron chi connectivity index (χ2n) is 8.48. The first-order valence-corrected chi connectivity index (χ1v) is 10.8. The topological polar surface area (TPSA) is 39.7 Å². The van der Waals surface area contributed by atoms with Gasteiger partial charge in [0.05, 0.1) is 0 Å². The van der Waals surface area contributed by atoms with Crippen molar-refractivity contribution in [1.82, 2.24) is 19.7 Å². The first-order valence-electron chi connectivity index (χ1n) is 10.8. The lowest BCUT2D eigenvalue weighted by molar-refractivity contribution is -0.138. The third-order valence-corrected chi connectivity index (χ3v) is 5.93. The van der Waals surface area contributed by atoms with Gasteiger partial charge in [0, 0.05) is 44.0 Å². The molecule has 0 bridgehead atoms. The Bertz CT molecular complexity index is 571. The maximum Gasteiger partial charge on any atom is 0.225 e. The van der Waals surface area contributed by atoms with Gasteiger partial charge in [-0.2, -0.15) is 0 Å². The van der Waals surface area contributed by atoms with Crippen molar-refractivity contribution < 1.29 is 4.79 Å². The van der Waals surface area contributed by atoms with E-state index in [2.05, 4.69) is 31.8 Å². The highest BCUT2D eigenvalue weighted by atomic mass is 16.2. The molecule has 0 saturated carbocycles. The quantitative estimate of drug-likeness (QED) is 0.703. The summed E-state index contributed by atoms with van der Waals surface area (Å²) in [5, 5.41) is 0. The molecule has 2 fully saturated rings. The molecule has 0 aliphatic carbocycles. The maximum absolute atomic E-state index is 12.9. The lowest BCUT2D eigenvalue weighted by atomic mass is 10.0. The van der Waals surface area contributed by atoms with Crippen LogP contribution in [-0.4, -0.2) is 70.9 Å². The average Bonchev–Trinajstić information content (AvgIpc) is 3.19. The monoisotopic (exact) mass is 372 g/mol. The van der Waals surface area contributed by atoms with Gasteiger partial charge in [0.1, 0.15) is 0 Å². The minimum atomic E-state index is 0.0763. The number of rotatable bonds is 8. The number of carbonyl (C=O) groups excluding carboxylic acids is 1. The largest absolute Gasteiger partial charge is 0.338 e. The minimum Gasteiger partial charge on any atom is -0.338 e. The molecule has 5 heteroatoms. The number of hydrogen-bond donors (Lipinski definition) is 0.